The van der Waals surface area contributed by atoms with Gasteiger partial charge in [0.2, 0.25) is 6.41 Å². The highest BCUT2D eigenvalue weighted by Crippen LogP contribution is 2.28. The van der Waals surface area contributed by atoms with Crippen LogP contribution in [0.25, 0.3) is 22.3 Å². The third-order valence-electron chi connectivity index (χ3n) is 3.85. The van der Waals surface area contributed by atoms with E-state index in [0.717, 1.165) is 34.2 Å². The fourth-order valence-electron chi connectivity index (χ4n) is 2.70. The quantitative estimate of drug-likeness (QED) is 0.554. The molecule has 3 aromatic rings. The Morgan fingerprint density at radius 1 is 0.958 bits per heavy atom. The highest BCUT2D eigenvalue weighted by Gasteiger charge is 2.07. The highest BCUT2D eigenvalue weighted by molar-refractivity contribution is 5.73. The minimum atomic E-state index is -0.266. The van der Waals surface area contributed by atoms with Crippen LogP contribution in [0.4, 0.5) is 4.39 Å². The predicted molar refractivity (Wildman–Crippen MR) is 92.8 cm³/mol. The lowest BCUT2D eigenvalue weighted by molar-refractivity contribution is -0.109. The maximum atomic E-state index is 13.5. The van der Waals surface area contributed by atoms with Gasteiger partial charge in [-0.2, -0.15) is 0 Å². The van der Waals surface area contributed by atoms with Crippen LogP contribution in [0.1, 0.15) is 5.56 Å². The number of nitrogens with one attached hydrogen (secondary N) is 1. The van der Waals surface area contributed by atoms with Gasteiger partial charge >= 0.3 is 0 Å². The molecule has 2 aromatic carbocycles. The van der Waals surface area contributed by atoms with E-state index in [-0.39, 0.29) is 5.82 Å². The molecule has 24 heavy (non-hydrogen) atoms. The van der Waals surface area contributed by atoms with Crippen molar-refractivity contribution in [2.24, 2.45) is 0 Å². The summed E-state index contributed by atoms with van der Waals surface area (Å²) in [5.74, 6) is -0.266. The normalized spacial score (nSPS) is 10.4. The van der Waals surface area contributed by atoms with Crippen molar-refractivity contribution < 1.29 is 9.18 Å². The second kappa shape index (κ2) is 7.51. The zero-order valence-corrected chi connectivity index (χ0v) is 13.1. The highest BCUT2D eigenvalue weighted by atomic mass is 19.1. The number of carbonyl (C=O) groups is 1. The third-order valence-corrected chi connectivity index (χ3v) is 3.85. The van der Waals surface area contributed by atoms with Gasteiger partial charge in [0.05, 0.1) is 0 Å². The molecule has 0 atom stereocenters. The first kappa shape index (κ1) is 15.9. The lowest BCUT2D eigenvalue weighted by Crippen LogP contribution is -2.14. The number of hydrogen-bond donors (Lipinski definition) is 1. The van der Waals surface area contributed by atoms with Crippen LogP contribution in [-0.4, -0.2) is 17.9 Å². The minimum absolute atomic E-state index is 0.266. The van der Waals surface area contributed by atoms with Gasteiger partial charge in [-0.3, -0.25) is 9.78 Å². The first-order chi connectivity index (χ1) is 11.8. The van der Waals surface area contributed by atoms with Crippen LogP contribution in [0.3, 0.4) is 0 Å². The maximum absolute atomic E-state index is 13.5. The monoisotopic (exact) mass is 320 g/mol. The van der Waals surface area contributed by atoms with E-state index in [1.807, 2.05) is 36.4 Å². The average molecular weight is 320 g/mol. The van der Waals surface area contributed by atoms with Gasteiger partial charge in [0, 0.05) is 30.1 Å². The molecule has 0 saturated heterocycles. The largest absolute Gasteiger partial charge is 0.358 e. The van der Waals surface area contributed by atoms with Crippen molar-refractivity contribution >= 4 is 6.41 Å². The standard InChI is InChI=1S/C20H17FN2O/c21-19-6-3-5-16(11-19)17-10-18(13-23-12-17)20-7-2-1-4-15(20)8-9-22-14-24/h1-7,10-14H,8-9H2,(H,22,24). The van der Waals surface area contributed by atoms with Crippen LogP contribution in [0.5, 0.6) is 0 Å². The molecule has 1 aromatic heterocycles. The first-order valence-electron chi connectivity index (χ1n) is 7.74. The zero-order chi connectivity index (χ0) is 16.8. The second-order valence-electron chi connectivity index (χ2n) is 5.45. The van der Waals surface area contributed by atoms with Gasteiger partial charge in [0.1, 0.15) is 5.82 Å². The molecular weight excluding hydrogens is 303 g/mol. The van der Waals surface area contributed by atoms with Gasteiger partial charge in [-0.15, -0.1) is 0 Å². The van der Waals surface area contributed by atoms with Gasteiger partial charge in [-0.1, -0.05) is 36.4 Å². The Hall–Kier alpha value is -3.01. The molecule has 0 spiro atoms. The summed E-state index contributed by atoms with van der Waals surface area (Å²) in [5, 5.41) is 2.68. The SMILES string of the molecule is O=CNCCc1ccccc1-c1cncc(-c2cccc(F)c2)c1. The van der Waals surface area contributed by atoms with Crippen LogP contribution in [0.2, 0.25) is 0 Å². The number of halogens is 1. The Labute approximate surface area is 140 Å². The number of benzene rings is 2. The third kappa shape index (κ3) is 3.66. The number of rotatable bonds is 6. The molecule has 0 aliphatic rings. The average Bonchev–Trinajstić information content (AvgIpc) is 2.62. The summed E-state index contributed by atoms with van der Waals surface area (Å²) in [5.41, 5.74) is 4.83. The van der Waals surface area contributed by atoms with Gasteiger partial charge < -0.3 is 5.32 Å². The summed E-state index contributed by atoms with van der Waals surface area (Å²) in [7, 11) is 0. The molecule has 0 aliphatic carbocycles. The second-order valence-corrected chi connectivity index (χ2v) is 5.45. The van der Waals surface area contributed by atoms with Crippen LogP contribution in [-0.2, 0) is 11.2 Å². The van der Waals surface area contributed by atoms with Crippen LogP contribution in [0, 0.1) is 5.82 Å². The molecule has 120 valence electrons. The molecule has 0 unspecified atom stereocenters. The number of amides is 1. The maximum Gasteiger partial charge on any atom is 0.207 e. The molecule has 1 N–H and O–H groups in total. The topological polar surface area (TPSA) is 42.0 Å². The van der Waals surface area contributed by atoms with Gasteiger partial charge in [-0.25, -0.2) is 4.39 Å². The van der Waals surface area contributed by atoms with E-state index < -0.39 is 0 Å². The molecule has 0 fully saturated rings. The molecule has 0 aliphatic heterocycles. The van der Waals surface area contributed by atoms with Crippen molar-refractivity contribution in [3.8, 4) is 22.3 Å². The van der Waals surface area contributed by atoms with Crippen LogP contribution >= 0.6 is 0 Å². The van der Waals surface area contributed by atoms with Crippen molar-refractivity contribution in [2.45, 2.75) is 6.42 Å². The van der Waals surface area contributed by atoms with E-state index in [2.05, 4.69) is 10.3 Å². The van der Waals surface area contributed by atoms with E-state index in [1.165, 1.54) is 12.1 Å². The van der Waals surface area contributed by atoms with Crippen molar-refractivity contribution in [3.05, 3.63) is 78.4 Å². The van der Waals surface area contributed by atoms with Gasteiger partial charge in [0.25, 0.3) is 0 Å². The fourth-order valence-corrected chi connectivity index (χ4v) is 2.70. The van der Waals surface area contributed by atoms with E-state index in [1.54, 1.807) is 18.5 Å². The van der Waals surface area contributed by atoms with Crippen molar-refractivity contribution in [2.75, 3.05) is 6.54 Å². The number of nitrogens with zero attached hydrogens (tertiary/aromatic N) is 1. The molecule has 1 heterocycles. The Balaban J connectivity index is 1.96. The van der Waals surface area contributed by atoms with Crippen molar-refractivity contribution in [3.63, 3.8) is 0 Å². The van der Waals surface area contributed by atoms with Gasteiger partial charge in [0.15, 0.2) is 0 Å². The zero-order valence-electron chi connectivity index (χ0n) is 13.1. The molecule has 3 nitrogen and oxygen atoms in total. The number of hydrogen-bond acceptors (Lipinski definition) is 2. The van der Waals surface area contributed by atoms with E-state index in [4.69, 9.17) is 0 Å². The molecule has 0 bridgehead atoms. The Morgan fingerprint density at radius 3 is 2.62 bits per heavy atom. The van der Waals surface area contributed by atoms with Crippen LogP contribution < -0.4 is 5.32 Å². The van der Waals surface area contributed by atoms with Gasteiger partial charge in [-0.05, 0) is 41.3 Å². The Morgan fingerprint density at radius 2 is 1.79 bits per heavy atom. The van der Waals surface area contributed by atoms with E-state index in [0.29, 0.717) is 13.0 Å². The lowest BCUT2D eigenvalue weighted by atomic mass is 9.96. The minimum Gasteiger partial charge on any atom is -0.358 e. The summed E-state index contributed by atoms with van der Waals surface area (Å²) >= 11 is 0. The van der Waals surface area contributed by atoms with Crippen molar-refractivity contribution in [1.82, 2.24) is 10.3 Å². The number of aromatic nitrogens is 1. The van der Waals surface area contributed by atoms with E-state index in [9.17, 15) is 9.18 Å². The fraction of sp³-hybridized carbons (Fsp3) is 0.100. The number of carbonyl (C=O) groups excluding carboxylic acids is 1. The summed E-state index contributed by atoms with van der Waals surface area (Å²) in [6.45, 7) is 0.581. The van der Waals surface area contributed by atoms with Crippen molar-refractivity contribution in [1.29, 1.82) is 0 Å². The summed E-state index contributed by atoms with van der Waals surface area (Å²) < 4.78 is 13.5. The summed E-state index contributed by atoms with van der Waals surface area (Å²) in [4.78, 5) is 14.7. The Bertz CT molecular complexity index is 848. The smallest absolute Gasteiger partial charge is 0.207 e. The summed E-state index contributed by atoms with van der Waals surface area (Å²) in [6.07, 6.45) is 4.97. The molecule has 3 rings (SSSR count). The molecule has 0 saturated carbocycles. The molecule has 1 amide bonds. The van der Waals surface area contributed by atoms with Crippen LogP contribution in [0.15, 0.2) is 67.0 Å². The summed E-state index contributed by atoms with van der Waals surface area (Å²) in [6, 6.07) is 16.5. The molecule has 0 radical (unpaired) electrons. The first-order valence-corrected chi connectivity index (χ1v) is 7.74. The predicted octanol–water partition coefficient (Wildman–Crippen LogP) is 3.84. The number of pyridine rings is 1. The lowest BCUT2D eigenvalue weighted by Gasteiger charge is -2.11. The molecule has 4 heteroatoms. The van der Waals surface area contributed by atoms with E-state index >= 15 is 0 Å². The Kier molecular flexibility index (Phi) is 4.96. The molecular formula is C20H17FN2O.